The minimum Gasteiger partial charge on any atom is -0.490 e. The summed E-state index contributed by atoms with van der Waals surface area (Å²) in [5.41, 5.74) is 0. The van der Waals surface area contributed by atoms with Gasteiger partial charge in [0.1, 0.15) is 0 Å². The number of carbonyl (C=O) groups is 1. The fraction of sp³-hybridized carbons (Fsp3) is 0.500. The Morgan fingerprint density at radius 2 is 2.44 bits per heavy atom. The van der Waals surface area contributed by atoms with Crippen LogP contribution in [0.1, 0.15) is 19.8 Å². The summed E-state index contributed by atoms with van der Waals surface area (Å²) in [5.74, 6) is 1.83. The molecule has 0 atom stereocenters. The zero-order chi connectivity index (χ0) is 11.4. The number of aromatic nitrogens is 1. The zero-order valence-electron chi connectivity index (χ0n) is 9.48. The molecule has 1 fully saturated rings. The largest absolute Gasteiger partial charge is 0.490 e. The molecule has 0 N–H and O–H groups in total. The van der Waals surface area contributed by atoms with E-state index in [-0.39, 0.29) is 5.78 Å². The van der Waals surface area contributed by atoms with Gasteiger partial charge < -0.3 is 9.64 Å². The molecule has 2 heterocycles. The summed E-state index contributed by atoms with van der Waals surface area (Å²) in [5, 5.41) is 0. The van der Waals surface area contributed by atoms with Crippen LogP contribution in [0.15, 0.2) is 18.3 Å². The summed E-state index contributed by atoms with van der Waals surface area (Å²) in [4.78, 5) is 17.7. The number of nitrogens with zero attached hydrogens (tertiary/aromatic N) is 2. The fourth-order valence-corrected chi connectivity index (χ4v) is 1.91. The van der Waals surface area contributed by atoms with Crippen LogP contribution in [0.4, 0.5) is 5.82 Å². The quantitative estimate of drug-likeness (QED) is 0.776. The Kier molecular flexibility index (Phi) is 3.39. The molecule has 2 rings (SSSR count). The van der Waals surface area contributed by atoms with E-state index in [0.717, 1.165) is 24.5 Å². The van der Waals surface area contributed by atoms with E-state index in [1.807, 2.05) is 24.0 Å². The van der Waals surface area contributed by atoms with Gasteiger partial charge in [-0.05, 0) is 25.5 Å². The van der Waals surface area contributed by atoms with Crippen molar-refractivity contribution in [2.24, 2.45) is 0 Å². The topological polar surface area (TPSA) is 42.4 Å². The van der Waals surface area contributed by atoms with Crippen LogP contribution in [0.3, 0.4) is 0 Å². The minimum atomic E-state index is 0.277. The Morgan fingerprint density at radius 1 is 1.56 bits per heavy atom. The number of ether oxygens (including phenoxy) is 1. The van der Waals surface area contributed by atoms with Gasteiger partial charge in [-0.2, -0.15) is 0 Å². The lowest BCUT2D eigenvalue weighted by Gasteiger charge is -2.28. The van der Waals surface area contributed by atoms with E-state index in [1.54, 1.807) is 6.20 Å². The Labute approximate surface area is 95.2 Å². The van der Waals surface area contributed by atoms with Gasteiger partial charge in [-0.25, -0.2) is 4.98 Å². The standard InChI is InChI=1S/C12H16N2O2/c1-2-16-11-6-3-7-13-12(11)14-8-4-5-10(15)9-14/h3,6-7H,2,4-5,8-9H2,1H3. The molecule has 1 aromatic rings. The summed E-state index contributed by atoms with van der Waals surface area (Å²) in [7, 11) is 0. The van der Waals surface area contributed by atoms with Crippen LogP contribution >= 0.6 is 0 Å². The Balaban J connectivity index is 2.21. The van der Waals surface area contributed by atoms with Gasteiger partial charge in [-0.15, -0.1) is 0 Å². The van der Waals surface area contributed by atoms with Crippen molar-refractivity contribution in [2.75, 3.05) is 24.6 Å². The number of pyridine rings is 1. The highest BCUT2D eigenvalue weighted by Gasteiger charge is 2.20. The van der Waals surface area contributed by atoms with Crippen LogP contribution in [0, 0.1) is 0 Å². The Bertz CT molecular complexity index is 379. The summed E-state index contributed by atoms with van der Waals surface area (Å²) >= 11 is 0. The Hall–Kier alpha value is -1.58. The van der Waals surface area contributed by atoms with E-state index < -0.39 is 0 Å². The zero-order valence-corrected chi connectivity index (χ0v) is 9.48. The highest BCUT2D eigenvalue weighted by atomic mass is 16.5. The van der Waals surface area contributed by atoms with E-state index in [2.05, 4.69) is 4.98 Å². The van der Waals surface area contributed by atoms with Crippen molar-refractivity contribution >= 4 is 11.6 Å². The number of hydrogen-bond donors (Lipinski definition) is 0. The molecule has 0 saturated carbocycles. The van der Waals surface area contributed by atoms with Crippen molar-refractivity contribution in [2.45, 2.75) is 19.8 Å². The molecule has 0 spiro atoms. The highest BCUT2D eigenvalue weighted by Crippen LogP contribution is 2.26. The van der Waals surface area contributed by atoms with E-state index in [4.69, 9.17) is 4.74 Å². The lowest BCUT2D eigenvalue weighted by Crippen LogP contribution is -2.36. The molecule has 4 nitrogen and oxygen atoms in total. The molecule has 86 valence electrons. The molecule has 1 aromatic heterocycles. The molecule has 0 aromatic carbocycles. The second kappa shape index (κ2) is 4.96. The van der Waals surface area contributed by atoms with Crippen molar-refractivity contribution in [1.29, 1.82) is 0 Å². The summed E-state index contributed by atoms with van der Waals surface area (Å²) < 4.78 is 5.51. The molecule has 0 aliphatic carbocycles. The van der Waals surface area contributed by atoms with Crippen molar-refractivity contribution in [3.05, 3.63) is 18.3 Å². The van der Waals surface area contributed by atoms with Crippen molar-refractivity contribution in [3.63, 3.8) is 0 Å². The first-order valence-electron chi connectivity index (χ1n) is 5.65. The summed E-state index contributed by atoms with van der Waals surface area (Å²) in [6, 6.07) is 3.74. The lowest BCUT2D eigenvalue weighted by atomic mass is 10.1. The number of carbonyl (C=O) groups excluding carboxylic acids is 1. The first kappa shape index (κ1) is 10.9. The molecular formula is C12H16N2O2. The van der Waals surface area contributed by atoms with Crippen LogP contribution in [0.25, 0.3) is 0 Å². The number of hydrogen-bond acceptors (Lipinski definition) is 4. The van der Waals surface area contributed by atoms with Gasteiger partial charge in [-0.3, -0.25) is 4.79 Å². The maximum absolute atomic E-state index is 11.4. The molecule has 1 aliphatic heterocycles. The number of Topliss-reactive ketones (excluding diaryl/α,β-unsaturated/α-hetero) is 1. The number of piperidine rings is 1. The number of rotatable bonds is 3. The van der Waals surface area contributed by atoms with Gasteiger partial charge in [0.2, 0.25) is 0 Å². The molecule has 16 heavy (non-hydrogen) atoms. The van der Waals surface area contributed by atoms with Gasteiger partial charge in [0.05, 0.1) is 13.2 Å². The third kappa shape index (κ3) is 2.32. The first-order chi connectivity index (χ1) is 7.81. The second-order valence-corrected chi connectivity index (χ2v) is 3.82. The van der Waals surface area contributed by atoms with Crippen molar-refractivity contribution in [1.82, 2.24) is 4.98 Å². The second-order valence-electron chi connectivity index (χ2n) is 3.82. The van der Waals surface area contributed by atoms with Crippen molar-refractivity contribution in [3.8, 4) is 5.75 Å². The van der Waals surface area contributed by atoms with Gasteiger partial charge in [0.15, 0.2) is 17.4 Å². The third-order valence-corrected chi connectivity index (χ3v) is 2.60. The fourth-order valence-electron chi connectivity index (χ4n) is 1.91. The highest BCUT2D eigenvalue weighted by molar-refractivity contribution is 5.84. The van der Waals surface area contributed by atoms with Crippen LogP contribution < -0.4 is 9.64 Å². The first-order valence-corrected chi connectivity index (χ1v) is 5.65. The van der Waals surface area contributed by atoms with Gasteiger partial charge in [-0.1, -0.05) is 0 Å². The SMILES string of the molecule is CCOc1cccnc1N1CCCC(=O)C1. The lowest BCUT2D eigenvalue weighted by molar-refractivity contribution is -0.118. The molecule has 1 saturated heterocycles. The molecule has 0 radical (unpaired) electrons. The maximum atomic E-state index is 11.4. The Morgan fingerprint density at radius 3 is 3.19 bits per heavy atom. The van der Waals surface area contributed by atoms with Crippen LogP contribution in [-0.2, 0) is 4.79 Å². The summed E-state index contributed by atoms with van der Waals surface area (Å²) in [6.45, 7) is 3.89. The van der Waals surface area contributed by atoms with Crippen molar-refractivity contribution < 1.29 is 9.53 Å². The van der Waals surface area contributed by atoms with Crippen LogP contribution in [0.5, 0.6) is 5.75 Å². The minimum absolute atomic E-state index is 0.277. The average molecular weight is 220 g/mol. The van der Waals surface area contributed by atoms with E-state index >= 15 is 0 Å². The van der Waals surface area contributed by atoms with Crippen LogP contribution in [-0.4, -0.2) is 30.5 Å². The molecule has 0 amide bonds. The molecule has 0 bridgehead atoms. The number of ketones is 1. The number of anilines is 1. The van der Waals surface area contributed by atoms with Crippen LogP contribution in [0.2, 0.25) is 0 Å². The molecule has 4 heteroatoms. The normalized spacial score (nSPS) is 16.3. The summed E-state index contributed by atoms with van der Waals surface area (Å²) in [6.07, 6.45) is 3.32. The maximum Gasteiger partial charge on any atom is 0.171 e. The monoisotopic (exact) mass is 220 g/mol. The molecule has 0 unspecified atom stereocenters. The predicted molar refractivity (Wildman–Crippen MR) is 61.9 cm³/mol. The smallest absolute Gasteiger partial charge is 0.171 e. The van der Waals surface area contributed by atoms with Gasteiger partial charge in [0.25, 0.3) is 0 Å². The van der Waals surface area contributed by atoms with E-state index in [0.29, 0.717) is 19.6 Å². The van der Waals surface area contributed by atoms with E-state index in [1.165, 1.54) is 0 Å². The van der Waals surface area contributed by atoms with Gasteiger partial charge >= 0.3 is 0 Å². The predicted octanol–water partition coefficient (Wildman–Crippen LogP) is 1.65. The van der Waals surface area contributed by atoms with E-state index in [9.17, 15) is 4.79 Å². The van der Waals surface area contributed by atoms with Gasteiger partial charge in [0, 0.05) is 19.2 Å². The molecular weight excluding hydrogens is 204 g/mol. The third-order valence-electron chi connectivity index (χ3n) is 2.60. The average Bonchev–Trinajstić information content (AvgIpc) is 2.30. The molecule has 1 aliphatic rings.